The standard InChI is InChI=1S/C15H17BrO6/c1-4-22-15(19)11(9-5-7-10(16)8-6-9)12(13(17)20-2)14(18)21-3/h5-8,11-12H,4H2,1-3H3. The monoisotopic (exact) mass is 372 g/mol. The van der Waals surface area contributed by atoms with Crippen LogP contribution in [-0.2, 0) is 28.6 Å². The summed E-state index contributed by atoms with van der Waals surface area (Å²) >= 11 is 3.29. The second-order valence-electron chi connectivity index (χ2n) is 4.31. The topological polar surface area (TPSA) is 78.9 Å². The molecule has 0 spiro atoms. The molecule has 1 atom stereocenters. The lowest BCUT2D eigenvalue weighted by atomic mass is 9.86. The first-order valence-electron chi connectivity index (χ1n) is 6.54. The number of carbonyl (C=O) groups is 3. The predicted octanol–water partition coefficient (Wildman–Crippen LogP) is 2.06. The van der Waals surface area contributed by atoms with Crippen LogP contribution in [0.3, 0.4) is 0 Å². The first kappa shape index (κ1) is 18.2. The van der Waals surface area contributed by atoms with Gasteiger partial charge in [0, 0.05) is 4.47 Å². The molecule has 7 heteroatoms. The largest absolute Gasteiger partial charge is 0.468 e. The lowest BCUT2D eigenvalue weighted by Crippen LogP contribution is -2.37. The fourth-order valence-corrected chi connectivity index (χ4v) is 2.25. The number of benzene rings is 1. The van der Waals surface area contributed by atoms with Crippen LogP contribution in [0.15, 0.2) is 28.7 Å². The minimum Gasteiger partial charge on any atom is -0.468 e. The van der Waals surface area contributed by atoms with Gasteiger partial charge in [-0.2, -0.15) is 0 Å². The van der Waals surface area contributed by atoms with E-state index in [0.717, 1.165) is 18.7 Å². The quantitative estimate of drug-likeness (QED) is 0.432. The molecule has 0 radical (unpaired) electrons. The lowest BCUT2D eigenvalue weighted by molar-refractivity contribution is -0.165. The summed E-state index contributed by atoms with van der Waals surface area (Å²) < 4.78 is 15.1. The van der Waals surface area contributed by atoms with Crippen LogP contribution < -0.4 is 0 Å². The molecule has 0 fully saturated rings. The van der Waals surface area contributed by atoms with Gasteiger partial charge in [0.2, 0.25) is 0 Å². The number of halogens is 1. The van der Waals surface area contributed by atoms with Crippen molar-refractivity contribution in [3.8, 4) is 0 Å². The third-order valence-corrected chi connectivity index (χ3v) is 3.54. The van der Waals surface area contributed by atoms with Crippen LogP contribution in [0.2, 0.25) is 0 Å². The van der Waals surface area contributed by atoms with Gasteiger partial charge in [0.1, 0.15) is 5.92 Å². The maximum absolute atomic E-state index is 12.3. The Morgan fingerprint density at radius 3 is 1.91 bits per heavy atom. The van der Waals surface area contributed by atoms with Gasteiger partial charge in [0.05, 0.1) is 20.8 Å². The third kappa shape index (κ3) is 4.30. The van der Waals surface area contributed by atoms with Gasteiger partial charge in [-0.15, -0.1) is 0 Å². The minimum atomic E-state index is -1.42. The Morgan fingerprint density at radius 1 is 1.00 bits per heavy atom. The van der Waals surface area contributed by atoms with Crippen LogP contribution in [-0.4, -0.2) is 38.7 Å². The molecular weight excluding hydrogens is 356 g/mol. The molecule has 0 aliphatic carbocycles. The van der Waals surface area contributed by atoms with Crippen LogP contribution in [0, 0.1) is 5.92 Å². The summed E-state index contributed by atoms with van der Waals surface area (Å²) in [6.07, 6.45) is 0. The highest BCUT2D eigenvalue weighted by molar-refractivity contribution is 9.10. The van der Waals surface area contributed by atoms with E-state index in [1.54, 1.807) is 31.2 Å². The van der Waals surface area contributed by atoms with Crippen molar-refractivity contribution >= 4 is 33.8 Å². The summed E-state index contributed by atoms with van der Waals surface area (Å²) in [5.41, 5.74) is 0.461. The summed E-state index contributed by atoms with van der Waals surface area (Å²) in [6, 6.07) is 6.66. The van der Waals surface area contributed by atoms with Gasteiger partial charge in [-0.3, -0.25) is 14.4 Å². The summed E-state index contributed by atoms with van der Waals surface area (Å²) in [7, 11) is 2.28. The van der Waals surface area contributed by atoms with E-state index >= 15 is 0 Å². The van der Waals surface area contributed by atoms with Gasteiger partial charge >= 0.3 is 17.9 Å². The minimum absolute atomic E-state index is 0.126. The average molecular weight is 373 g/mol. The molecule has 1 aromatic carbocycles. The molecule has 120 valence electrons. The molecule has 6 nitrogen and oxygen atoms in total. The summed E-state index contributed by atoms with van der Waals surface area (Å²) in [5, 5.41) is 0. The fourth-order valence-electron chi connectivity index (χ4n) is 1.99. The van der Waals surface area contributed by atoms with Crippen LogP contribution in [0.25, 0.3) is 0 Å². The van der Waals surface area contributed by atoms with Gasteiger partial charge in [-0.05, 0) is 24.6 Å². The first-order chi connectivity index (χ1) is 10.5. The second-order valence-corrected chi connectivity index (χ2v) is 5.22. The molecule has 0 amide bonds. The van der Waals surface area contributed by atoms with Crippen LogP contribution in [0.4, 0.5) is 0 Å². The predicted molar refractivity (Wildman–Crippen MR) is 81.0 cm³/mol. The van der Waals surface area contributed by atoms with E-state index in [0.29, 0.717) is 5.56 Å². The van der Waals surface area contributed by atoms with E-state index in [1.165, 1.54) is 0 Å². The number of hydrogen-bond acceptors (Lipinski definition) is 6. The molecule has 0 N–H and O–H groups in total. The van der Waals surface area contributed by atoms with E-state index in [9.17, 15) is 14.4 Å². The van der Waals surface area contributed by atoms with Crippen molar-refractivity contribution in [2.75, 3.05) is 20.8 Å². The number of esters is 3. The third-order valence-electron chi connectivity index (χ3n) is 3.01. The van der Waals surface area contributed by atoms with Gasteiger partial charge in [0.15, 0.2) is 5.92 Å². The zero-order valence-corrected chi connectivity index (χ0v) is 14.1. The van der Waals surface area contributed by atoms with E-state index in [1.807, 2.05) is 0 Å². The SMILES string of the molecule is CCOC(=O)C(c1ccc(Br)cc1)C(C(=O)OC)C(=O)OC. The highest BCUT2D eigenvalue weighted by Crippen LogP contribution is 2.29. The van der Waals surface area contributed by atoms with Crippen molar-refractivity contribution < 1.29 is 28.6 Å². The van der Waals surface area contributed by atoms with Gasteiger partial charge in [-0.25, -0.2) is 0 Å². The number of rotatable bonds is 6. The molecule has 0 aliphatic heterocycles. The number of hydrogen-bond donors (Lipinski definition) is 0. The molecule has 1 aromatic rings. The highest BCUT2D eigenvalue weighted by Gasteiger charge is 2.43. The Hall–Kier alpha value is -1.89. The number of carbonyl (C=O) groups excluding carboxylic acids is 3. The van der Waals surface area contributed by atoms with Crippen molar-refractivity contribution in [3.05, 3.63) is 34.3 Å². The van der Waals surface area contributed by atoms with E-state index in [4.69, 9.17) is 4.74 Å². The zero-order chi connectivity index (χ0) is 16.7. The molecule has 0 aliphatic rings. The Balaban J connectivity index is 3.32. The van der Waals surface area contributed by atoms with Crippen LogP contribution >= 0.6 is 15.9 Å². The molecular formula is C15H17BrO6. The molecule has 22 heavy (non-hydrogen) atoms. The Kier molecular flexibility index (Phi) is 7.04. The van der Waals surface area contributed by atoms with Crippen molar-refractivity contribution in [3.63, 3.8) is 0 Å². The second kappa shape index (κ2) is 8.53. The molecule has 0 saturated heterocycles. The Morgan fingerprint density at radius 2 is 1.50 bits per heavy atom. The van der Waals surface area contributed by atoms with E-state index in [-0.39, 0.29) is 6.61 Å². The van der Waals surface area contributed by atoms with E-state index in [2.05, 4.69) is 25.4 Å². The van der Waals surface area contributed by atoms with Crippen LogP contribution in [0.1, 0.15) is 18.4 Å². The molecule has 1 rings (SSSR count). The Labute approximate surface area is 136 Å². The van der Waals surface area contributed by atoms with Crippen LogP contribution in [0.5, 0.6) is 0 Å². The first-order valence-corrected chi connectivity index (χ1v) is 7.33. The normalized spacial score (nSPS) is 11.7. The average Bonchev–Trinajstić information content (AvgIpc) is 2.52. The maximum atomic E-state index is 12.3. The number of ether oxygens (including phenoxy) is 3. The van der Waals surface area contributed by atoms with Crippen molar-refractivity contribution in [1.82, 2.24) is 0 Å². The summed E-state index contributed by atoms with van der Waals surface area (Å²) in [6.45, 7) is 1.77. The molecule has 0 aromatic heterocycles. The lowest BCUT2D eigenvalue weighted by Gasteiger charge is -2.22. The maximum Gasteiger partial charge on any atom is 0.321 e. The summed E-state index contributed by atoms with van der Waals surface area (Å²) in [5.74, 6) is -4.95. The molecule has 0 saturated carbocycles. The molecule has 0 heterocycles. The van der Waals surface area contributed by atoms with Gasteiger partial charge in [0.25, 0.3) is 0 Å². The van der Waals surface area contributed by atoms with Gasteiger partial charge < -0.3 is 14.2 Å². The molecule has 0 bridgehead atoms. The smallest absolute Gasteiger partial charge is 0.321 e. The van der Waals surface area contributed by atoms with Gasteiger partial charge in [-0.1, -0.05) is 28.1 Å². The van der Waals surface area contributed by atoms with E-state index < -0.39 is 29.7 Å². The van der Waals surface area contributed by atoms with Crippen molar-refractivity contribution in [2.45, 2.75) is 12.8 Å². The zero-order valence-electron chi connectivity index (χ0n) is 12.5. The van der Waals surface area contributed by atoms with Crippen molar-refractivity contribution in [1.29, 1.82) is 0 Å². The summed E-state index contributed by atoms with van der Waals surface area (Å²) in [4.78, 5) is 36.2. The fraction of sp³-hybridized carbons (Fsp3) is 0.400. The van der Waals surface area contributed by atoms with Crippen molar-refractivity contribution in [2.24, 2.45) is 5.92 Å². The Bertz CT molecular complexity index is 523. The molecule has 1 unspecified atom stereocenters. The highest BCUT2D eigenvalue weighted by atomic mass is 79.9. The number of methoxy groups -OCH3 is 2.